The lowest BCUT2D eigenvalue weighted by Crippen LogP contribution is -2.59. The van der Waals surface area contributed by atoms with Crippen molar-refractivity contribution in [3.8, 4) is 0 Å². The van der Waals surface area contributed by atoms with Gasteiger partial charge in [-0.05, 0) is 92.9 Å². The Labute approximate surface area is 269 Å². The molecule has 1 aliphatic heterocycles. The summed E-state index contributed by atoms with van der Waals surface area (Å²) in [7, 11) is 0. The molecule has 2 saturated carbocycles. The van der Waals surface area contributed by atoms with Crippen LogP contribution in [0.3, 0.4) is 0 Å². The number of benzene rings is 2. The molecule has 0 bridgehead atoms. The molecule has 1 saturated heterocycles. The van der Waals surface area contributed by atoms with Crippen LogP contribution in [0.25, 0.3) is 0 Å². The molecule has 1 atom stereocenters. The molecule has 6 rings (SSSR count). The van der Waals surface area contributed by atoms with Gasteiger partial charge in [-0.15, -0.1) is 0 Å². The third kappa shape index (κ3) is 7.26. The maximum Gasteiger partial charge on any atom is 0.240 e. The zero-order valence-corrected chi connectivity index (χ0v) is 26.7. The zero-order valence-electron chi connectivity index (χ0n) is 25.9. The summed E-state index contributed by atoms with van der Waals surface area (Å²) in [5.41, 5.74) is 6.89. The largest absolute Gasteiger partial charge is 0.341 e. The fourth-order valence-corrected chi connectivity index (χ4v) is 8.46. The van der Waals surface area contributed by atoms with Gasteiger partial charge < -0.3 is 10.6 Å². The highest BCUT2D eigenvalue weighted by Gasteiger charge is 2.45. The van der Waals surface area contributed by atoms with E-state index in [1.54, 1.807) is 12.7 Å². The van der Waals surface area contributed by atoms with Crippen molar-refractivity contribution in [1.82, 2.24) is 25.0 Å². The Kier molecular flexibility index (Phi) is 9.88. The van der Waals surface area contributed by atoms with Crippen LogP contribution in [0.1, 0.15) is 81.8 Å². The van der Waals surface area contributed by atoms with Gasteiger partial charge in [-0.3, -0.25) is 14.8 Å². The maximum absolute atomic E-state index is 15.4. The molecule has 10 heteroatoms. The van der Waals surface area contributed by atoms with Gasteiger partial charge in [0.15, 0.2) is 0 Å². The van der Waals surface area contributed by atoms with Crippen molar-refractivity contribution in [3.05, 3.63) is 82.9 Å². The van der Waals surface area contributed by atoms with Gasteiger partial charge in [-0.1, -0.05) is 49.1 Å². The van der Waals surface area contributed by atoms with Gasteiger partial charge in [0, 0.05) is 47.9 Å². The van der Waals surface area contributed by atoms with Gasteiger partial charge in [0.25, 0.3) is 0 Å². The van der Waals surface area contributed by atoms with E-state index in [9.17, 15) is 9.18 Å². The molecule has 7 nitrogen and oxygen atoms in total. The van der Waals surface area contributed by atoms with Crippen molar-refractivity contribution in [1.29, 1.82) is 0 Å². The Morgan fingerprint density at radius 3 is 2.36 bits per heavy atom. The molecule has 0 radical (unpaired) electrons. The Hall–Kier alpha value is -2.88. The lowest BCUT2D eigenvalue weighted by molar-refractivity contribution is -0.138. The number of amides is 1. The first-order valence-corrected chi connectivity index (χ1v) is 17.0. The molecule has 2 aliphatic carbocycles. The second-order valence-electron chi connectivity index (χ2n) is 13.7. The van der Waals surface area contributed by atoms with E-state index < -0.39 is 23.2 Å². The summed E-state index contributed by atoms with van der Waals surface area (Å²) in [6.07, 6.45) is 14.4. The number of likely N-dealkylation sites (tertiary alicyclic amines) is 1. The molecule has 2 aromatic carbocycles. The average Bonchev–Trinajstić information content (AvgIpc) is 3.56. The summed E-state index contributed by atoms with van der Waals surface area (Å²) >= 11 is 6.19. The molecular formula is C35H45ClF2N6O. The molecule has 242 valence electrons. The van der Waals surface area contributed by atoms with Gasteiger partial charge in [0.05, 0.1) is 6.04 Å². The highest BCUT2D eigenvalue weighted by Crippen LogP contribution is 2.47. The van der Waals surface area contributed by atoms with Crippen LogP contribution in [0.15, 0.2) is 55.1 Å². The SMILES string of the molecule is NC1CCC(N[C@H](Cc2ccc(Cl)cc2)C(=O)N2CCC(Cn3cncn3)(C3CCCCC3)CC2)(c2ccc(F)cc2F)CC1. The Balaban J connectivity index is 1.27. The number of hydrogen-bond acceptors (Lipinski definition) is 5. The lowest BCUT2D eigenvalue weighted by atomic mass is 9.63. The van der Waals surface area contributed by atoms with Gasteiger partial charge >= 0.3 is 0 Å². The van der Waals surface area contributed by atoms with Gasteiger partial charge in [0.2, 0.25) is 5.91 Å². The fraction of sp³-hybridized carbons (Fsp3) is 0.571. The van der Waals surface area contributed by atoms with Crippen LogP contribution in [-0.4, -0.2) is 50.7 Å². The summed E-state index contributed by atoms with van der Waals surface area (Å²) in [5.74, 6) is -0.598. The van der Waals surface area contributed by atoms with E-state index in [0.717, 1.165) is 31.0 Å². The third-order valence-electron chi connectivity index (χ3n) is 10.9. The van der Waals surface area contributed by atoms with Crippen molar-refractivity contribution in [2.24, 2.45) is 17.1 Å². The molecular weight excluding hydrogens is 594 g/mol. The van der Waals surface area contributed by atoms with E-state index in [0.29, 0.717) is 61.7 Å². The molecule has 45 heavy (non-hydrogen) atoms. The summed E-state index contributed by atoms with van der Waals surface area (Å²) < 4.78 is 31.4. The Bertz CT molecular complexity index is 1410. The van der Waals surface area contributed by atoms with Crippen LogP contribution in [0.5, 0.6) is 0 Å². The molecule has 1 amide bonds. The van der Waals surface area contributed by atoms with E-state index in [-0.39, 0.29) is 17.4 Å². The number of nitrogens with zero attached hydrogens (tertiary/aromatic N) is 4. The van der Waals surface area contributed by atoms with Crippen LogP contribution in [0.2, 0.25) is 5.02 Å². The summed E-state index contributed by atoms with van der Waals surface area (Å²) in [5, 5.41) is 8.76. The van der Waals surface area contributed by atoms with E-state index in [4.69, 9.17) is 17.3 Å². The normalized spacial score (nSPS) is 24.8. The molecule has 2 heterocycles. The minimum absolute atomic E-state index is 0.00819. The Morgan fingerprint density at radius 2 is 1.71 bits per heavy atom. The molecule has 3 aliphatic rings. The van der Waals surface area contributed by atoms with Crippen molar-refractivity contribution in [3.63, 3.8) is 0 Å². The number of nitrogens with two attached hydrogens (primary N) is 1. The first kappa shape index (κ1) is 32.1. The van der Waals surface area contributed by atoms with Gasteiger partial charge in [-0.2, -0.15) is 5.10 Å². The van der Waals surface area contributed by atoms with Gasteiger partial charge in [0.1, 0.15) is 24.3 Å². The van der Waals surface area contributed by atoms with E-state index in [2.05, 4.69) is 15.4 Å². The van der Waals surface area contributed by atoms with E-state index in [1.165, 1.54) is 44.2 Å². The summed E-state index contributed by atoms with van der Waals surface area (Å²) in [4.78, 5) is 20.7. The van der Waals surface area contributed by atoms with Crippen molar-refractivity contribution < 1.29 is 13.6 Å². The number of piperidine rings is 1. The number of carbonyl (C=O) groups excluding carboxylic acids is 1. The number of halogens is 3. The van der Waals surface area contributed by atoms with Crippen LogP contribution >= 0.6 is 11.6 Å². The number of hydrogen-bond donors (Lipinski definition) is 2. The van der Waals surface area contributed by atoms with E-state index >= 15 is 4.39 Å². The number of nitrogens with one attached hydrogen (secondary N) is 1. The molecule has 3 aromatic rings. The van der Waals surface area contributed by atoms with Crippen molar-refractivity contribution in [2.75, 3.05) is 13.1 Å². The van der Waals surface area contributed by atoms with E-state index in [1.807, 2.05) is 33.8 Å². The topological polar surface area (TPSA) is 89.1 Å². The molecule has 0 unspecified atom stereocenters. The van der Waals surface area contributed by atoms with Crippen molar-refractivity contribution in [2.45, 2.75) is 101 Å². The van der Waals surface area contributed by atoms with Gasteiger partial charge in [-0.25, -0.2) is 13.8 Å². The minimum atomic E-state index is -0.838. The highest BCUT2D eigenvalue weighted by atomic mass is 35.5. The van der Waals surface area contributed by atoms with Crippen LogP contribution in [0, 0.1) is 23.0 Å². The minimum Gasteiger partial charge on any atom is -0.341 e. The average molecular weight is 639 g/mol. The summed E-state index contributed by atoms with van der Waals surface area (Å²) in [6, 6.07) is 10.7. The smallest absolute Gasteiger partial charge is 0.240 e. The lowest BCUT2D eigenvalue weighted by Gasteiger charge is -2.49. The third-order valence-corrected chi connectivity index (χ3v) is 11.2. The zero-order chi connectivity index (χ0) is 31.4. The number of carbonyl (C=O) groups is 1. The second kappa shape index (κ2) is 13.9. The first-order valence-electron chi connectivity index (χ1n) is 16.6. The number of rotatable bonds is 9. The maximum atomic E-state index is 15.4. The fourth-order valence-electron chi connectivity index (χ4n) is 8.33. The second-order valence-corrected chi connectivity index (χ2v) is 14.1. The summed E-state index contributed by atoms with van der Waals surface area (Å²) in [6.45, 7) is 2.14. The van der Waals surface area contributed by atoms with Crippen LogP contribution in [-0.2, 0) is 23.3 Å². The highest BCUT2D eigenvalue weighted by molar-refractivity contribution is 6.30. The molecule has 0 spiro atoms. The van der Waals surface area contributed by atoms with Crippen molar-refractivity contribution >= 4 is 17.5 Å². The standard InChI is InChI=1S/C35H45ClF2N6O/c36-27-8-6-25(7-9-27)20-32(42-35(14-12-29(39)13-15-35)30-11-10-28(37)21-31(30)38)33(45)43-18-16-34(17-19-43,22-44-24-40-23-41-44)26-4-2-1-3-5-26/h6-11,21,23-24,26,29,32,42H,1-5,12-20,22,39H2/t29?,32-,35?/m1/s1. The predicted molar refractivity (Wildman–Crippen MR) is 171 cm³/mol. The van der Waals surface area contributed by atoms with Crippen LogP contribution < -0.4 is 11.1 Å². The molecule has 1 aromatic heterocycles. The monoisotopic (exact) mass is 638 g/mol. The predicted octanol–water partition coefficient (Wildman–Crippen LogP) is 6.40. The Morgan fingerprint density at radius 1 is 1.00 bits per heavy atom. The quantitative estimate of drug-likeness (QED) is 0.283. The number of aromatic nitrogens is 3. The van der Waals surface area contributed by atoms with Crippen LogP contribution in [0.4, 0.5) is 8.78 Å². The first-order chi connectivity index (χ1) is 21.8. The molecule has 3 N–H and O–H groups in total. The molecule has 3 fully saturated rings.